The van der Waals surface area contributed by atoms with Crippen LogP contribution in [0.1, 0.15) is 0 Å². The Labute approximate surface area is 172 Å². The van der Waals surface area contributed by atoms with Gasteiger partial charge in [-0.25, -0.2) is 4.98 Å². The van der Waals surface area contributed by atoms with Crippen molar-refractivity contribution in [3.63, 3.8) is 0 Å². The molecule has 29 heavy (non-hydrogen) atoms. The van der Waals surface area contributed by atoms with Crippen molar-refractivity contribution in [3.05, 3.63) is 79.1 Å². The predicted octanol–water partition coefficient (Wildman–Crippen LogP) is 3.12. The third-order valence-corrected chi connectivity index (χ3v) is 4.45. The number of carbonyl (C=O) groups excluding carboxylic acids is 1. The van der Waals surface area contributed by atoms with Crippen LogP contribution in [0.15, 0.2) is 79.1 Å². The summed E-state index contributed by atoms with van der Waals surface area (Å²) in [6.07, 6.45) is 3.41. The van der Waals surface area contributed by atoms with Crippen molar-refractivity contribution in [2.75, 3.05) is 5.32 Å². The summed E-state index contributed by atoms with van der Waals surface area (Å²) in [5.74, 6) is 0.453. The lowest BCUT2D eigenvalue weighted by molar-refractivity contribution is -0.122. The second-order valence-electron chi connectivity index (χ2n) is 6.24. The maximum atomic E-state index is 12.6. The molecule has 0 spiro atoms. The Hall–Kier alpha value is -3.78. The van der Waals surface area contributed by atoms with Crippen molar-refractivity contribution >= 4 is 40.0 Å². The van der Waals surface area contributed by atoms with E-state index in [9.17, 15) is 4.79 Å². The molecule has 0 unspecified atom stereocenters. The molecule has 7 nitrogen and oxygen atoms in total. The first-order chi connectivity index (χ1) is 14.2. The second kappa shape index (κ2) is 8.49. The number of pyridine rings is 1. The highest BCUT2D eigenvalue weighted by Gasteiger charge is 2.15. The van der Waals surface area contributed by atoms with E-state index in [1.807, 2.05) is 71.3 Å². The number of nitrogens with one attached hydrogen (secondary N) is 3. The van der Waals surface area contributed by atoms with Crippen molar-refractivity contribution in [1.29, 1.82) is 0 Å². The van der Waals surface area contributed by atoms with Crippen LogP contribution in [0.2, 0.25) is 0 Å². The lowest BCUT2D eigenvalue weighted by Gasteiger charge is -2.13. The number of anilines is 1. The van der Waals surface area contributed by atoms with Crippen LogP contribution >= 0.6 is 12.2 Å². The molecule has 4 rings (SSSR count). The molecule has 0 saturated carbocycles. The van der Waals surface area contributed by atoms with Crippen LogP contribution in [0, 0.1) is 0 Å². The Morgan fingerprint density at radius 1 is 0.931 bits per heavy atom. The molecule has 0 radical (unpaired) electrons. The summed E-state index contributed by atoms with van der Waals surface area (Å²) >= 11 is 5.22. The molecule has 2 heterocycles. The third-order valence-electron chi connectivity index (χ3n) is 4.24. The molecule has 0 bridgehead atoms. The predicted molar refractivity (Wildman–Crippen MR) is 117 cm³/mol. The lowest BCUT2D eigenvalue weighted by Crippen LogP contribution is -2.45. The molecule has 0 aliphatic heterocycles. The first-order valence-corrected chi connectivity index (χ1v) is 9.38. The van der Waals surface area contributed by atoms with Gasteiger partial charge in [-0.05, 0) is 48.6 Å². The summed E-state index contributed by atoms with van der Waals surface area (Å²) in [6.45, 7) is 0.0825. The van der Waals surface area contributed by atoms with Crippen LogP contribution in [0.4, 0.5) is 5.69 Å². The van der Waals surface area contributed by atoms with Gasteiger partial charge in [0.05, 0.1) is 11.0 Å². The van der Waals surface area contributed by atoms with Gasteiger partial charge in [0, 0.05) is 23.6 Å². The highest BCUT2D eigenvalue weighted by molar-refractivity contribution is 7.80. The summed E-state index contributed by atoms with van der Waals surface area (Å²) in [6, 6.07) is 20.9. The molecule has 2 aromatic carbocycles. The highest BCUT2D eigenvalue weighted by atomic mass is 32.1. The molecule has 0 saturated heterocycles. The van der Waals surface area contributed by atoms with E-state index in [2.05, 4.69) is 26.1 Å². The third kappa shape index (κ3) is 4.39. The summed E-state index contributed by atoms with van der Waals surface area (Å²) in [4.78, 5) is 21.3. The number of imidazole rings is 1. The van der Waals surface area contributed by atoms with Crippen molar-refractivity contribution in [3.8, 4) is 11.4 Å². The minimum atomic E-state index is -0.249. The van der Waals surface area contributed by atoms with E-state index in [0.29, 0.717) is 10.9 Å². The first kappa shape index (κ1) is 18.6. The molecule has 0 atom stereocenters. The zero-order valence-electron chi connectivity index (χ0n) is 15.4. The quantitative estimate of drug-likeness (QED) is 0.359. The number of para-hydroxylation sites is 3. The van der Waals surface area contributed by atoms with Gasteiger partial charge in [-0.2, -0.15) is 0 Å². The molecule has 8 heteroatoms. The van der Waals surface area contributed by atoms with E-state index >= 15 is 0 Å². The minimum Gasteiger partial charge on any atom is -0.331 e. The molecule has 144 valence electrons. The van der Waals surface area contributed by atoms with E-state index in [1.165, 1.54) is 0 Å². The molecular formula is C21H18N6OS. The van der Waals surface area contributed by atoms with E-state index in [4.69, 9.17) is 12.2 Å². The number of carbonyl (C=O) groups is 1. The van der Waals surface area contributed by atoms with Gasteiger partial charge in [0.2, 0.25) is 0 Å². The number of hydrazine groups is 1. The van der Waals surface area contributed by atoms with Crippen LogP contribution < -0.4 is 16.2 Å². The van der Waals surface area contributed by atoms with Gasteiger partial charge >= 0.3 is 0 Å². The molecular weight excluding hydrogens is 384 g/mol. The molecule has 1 amide bonds. The Balaban J connectivity index is 1.48. The van der Waals surface area contributed by atoms with Gasteiger partial charge in [-0.15, -0.1) is 0 Å². The van der Waals surface area contributed by atoms with Crippen LogP contribution in [0.5, 0.6) is 0 Å². The number of amides is 1. The largest absolute Gasteiger partial charge is 0.331 e. The summed E-state index contributed by atoms with van der Waals surface area (Å²) < 4.78 is 1.87. The van der Waals surface area contributed by atoms with Crippen LogP contribution in [0.3, 0.4) is 0 Å². The fourth-order valence-corrected chi connectivity index (χ4v) is 3.12. The van der Waals surface area contributed by atoms with E-state index in [-0.39, 0.29) is 12.5 Å². The van der Waals surface area contributed by atoms with E-state index in [0.717, 1.165) is 22.3 Å². The monoisotopic (exact) mass is 402 g/mol. The number of nitrogens with zero attached hydrogens (tertiary/aromatic N) is 3. The molecule has 2 aromatic heterocycles. The number of rotatable bonds is 4. The molecule has 3 N–H and O–H groups in total. The fraction of sp³-hybridized carbons (Fsp3) is 0.0476. The minimum absolute atomic E-state index is 0.0825. The van der Waals surface area contributed by atoms with Crippen LogP contribution in [-0.4, -0.2) is 25.6 Å². The number of hydrogen-bond acceptors (Lipinski definition) is 4. The zero-order chi connectivity index (χ0) is 20.1. The van der Waals surface area contributed by atoms with Crippen molar-refractivity contribution in [1.82, 2.24) is 25.4 Å². The first-order valence-electron chi connectivity index (χ1n) is 8.97. The SMILES string of the molecule is O=C(Cn1c(-c2ccncc2)nc2ccccc21)NNC(=S)Nc1ccccc1. The van der Waals surface area contributed by atoms with Crippen molar-refractivity contribution in [2.45, 2.75) is 6.54 Å². The van der Waals surface area contributed by atoms with E-state index in [1.54, 1.807) is 12.4 Å². The van der Waals surface area contributed by atoms with Gasteiger partial charge in [-0.1, -0.05) is 30.3 Å². The smallest absolute Gasteiger partial charge is 0.258 e. The standard InChI is InChI=1S/C21H18N6OS/c28-19(25-26-21(29)23-16-6-2-1-3-7-16)14-27-18-9-5-4-8-17(18)24-20(27)15-10-12-22-13-11-15/h1-13H,14H2,(H,25,28)(H2,23,26,29). The van der Waals surface area contributed by atoms with Gasteiger partial charge in [0.15, 0.2) is 5.11 Å². The number of aromatic nitrogens is 3. The maximum absolute atomic E-state index is 12.6. The number of benzene rings is 2. The summed E-state index contributed by atoms with van der Waals surface area (Å²) in [5, 5.41) is 3.30. The summed E-state index contributed by atoms with van der Waals surface area (Å²) in [7, 11) is 0. The van der Waals surface area contributed by atoms with Crippen molar-refractivity contribution in [2.24, 2.45) is 0 Å². The Bertz CT molecular complexity index is 1140. The van der Waals surface area contributed by atoms with Gasteiger partial charge in [0.25, 0.3) is 5.91 Å². The fourth-order valence-electron chi connectivity index (χ4n) is 2.95. The van der Waals surface area contributed by atoms with Gasteiger partial charge < -0.3 is 9.88 Å². The number of fused-ring (bicyclic) bond motifs is 1. The number of thiocarbonyl (C=S) groups is 1. The molecule has 0 fully saturated rings. The Morgan fingerprint density at radius 2 is 1.66 bits per heavy atom. The molecule has 0 aliphatic rings. The van der Waals surface area contributed by atoms with Crippen molar-refractivity contribution < 1.29 is 4.79 Å². The zero-order valence-corrected chi connectivity index (χ0v) is 16.2. The van der Waals surface area contributed by atoms with Gasteiger partial charge in [0.1, 0.15) is 12.4 Å². The van der Waals surface area contributed by atoms with Crippen LogP contribution in [-0.2, 0) is 11.3 Å². The molecule has 4 aromatic rings. The highest BCUT2D eigenvalue weighted by Crippen LogP contribution is 2.24. The number of hydrogen-bond donors (Lipinski definition) is 3. The summed E-state index contributed by atoms with van der Waals surface area (Å²) in [5.41, 5.74) is 8.77. The average Bonchev–Trinajstić information content (AvgIpc) is 3.12. The molecule has 0 aliphatic carbocycles. The average molecular weight is 402 g/mol. The second-order valence-corrected chi connectivity index (χ2v) is 6.65. The Morgan fingerprint density at radius 3 is 2.45 bits per heavy atom. The Kier molecular flexibility index (Phi) is 5.44. The topological polar surface area (TPSA) is 83.9 Å². The normalized spacial score (nSPS) is 10.5. The lowest BCUT2D eigenvalue weighted by atomic mass is 10.2. The van der Waals surface area contributed by atoms with Crippen LogP contribution in [0.25, 0.3) is 22.4 Å². The van der Waals surface area contributed by atoms with E-state index < -0.39 is 0 Å². The maximum Gasteiger partial charge on any atom is 0.258 e. The van der Waals surface area contributed by atoms with Gasteiger partial charge in [-0.3, -0.25) is 20.6 Å².